The summed E-state index contributed by atoms with van der Waals surface area (Å²) in [5, 5.41) is 10.8. The van der Waals surface area contributed by atoms with Crippen LogP contribution in [0.25, 0.3) is 0 Å². The number of ether oxygens (including phenoxy) is 1. The lowest BCUT2D eigenvalue weighted by Crippen LogP contribution is -2.53. The van der Waals surface area contributed by atoms with Gasteiger partial charge in [0.1, 0.15) is 6.54 Å². The van der Waals surface area contributed by atoms with E-state index < -0.39 is 0 Å². The Labute approximate surface area is 158 Å². The summed E-state index contributed by atoms with van der Waals surface area (Å²) in [5.41, 5.74) is 5.76. The van der Waals surface area contributed by atoms with Gasteiger partial charge in [0, 0.05) is 39.2 Å². The van der Waals surface area contributed by atoms with Crippen molar-refractivity contribution >= 4 is 17.8 Å². The average molecular weight is 377 g/mol. The molecule has 27 heavy (non-hydrogen) atoms. The second-order valence-electron chi connectivity index (χ2n) is 7.98. The zero-order chi connectivity index (χ0) is 18.9. The van der Waals surface area contributed by atoms with E-state index in [4.69, 9.17) is 10.5 Å². The zero-order valence-electron chi connectivity index (χ0n) is 15.5. The number of nitrogen functional groups attached to an aromatic ring is 1. The van der Waals surface area contributed by atoms with Crippen molar-refractivity contribution in [3.63, 3.8) is 0 Å². The van der Waals surface area contributed by atoms with Crippen molar-refractivity contribution < 1.29 is 14.3 Å². The Balaban J connectivity index is 1.32. The Bertz CT molecular complexity index is 692. The van der Waals surface area contributed by atoms with Gasteiger partial charge in [-0.25, -0.2) is 4.68 Å². The van der Waals surface area contributed by atoms with Gasteiger partial charge in [0.05, 0.1) is 6.10 Å². The molecular formula is C17H27N7O3. The minimum atomic E-state index is -0.0213. The van der Waals surface area contributed by atoms with Crippen LogP contribution in [0.4, 0.5) is 5.95 Å². The van der Waals surface area contributed by atoms with Crippen LogP contribution in [0.15, 0.2) is 0 Å². The Kier molecular flexibility index (Phi) is 4.98. The number of rotatable bonds is 4. The Hall–Kier alpha value is -2.23. The van der Waals surface area contributed by atoms with Crippen LogP contribution in [0.2, 0.25) is 0 Å². The Morgan fingerprint density at radius 3 is 2.78 bits per heavy atom. The molecular weight excluding hydrogens is 350 g/mol. The number of hydrogen-bond donors (Lipinski definition) is 1. The molecule has 3 aliphatic rings. The number of carbonyl (C=O) groups is 2. The molecule has 3 aliphatic heterocycles. The second-order valence-corrected chi connectivity index (χ2v) is 7.98. The summed E-state index contributed by atoms with van der Waals surface area (Å²) in [6, 6.07) is 0. The third-order valence-corrected chi connectivity index (χ3v) is 6.22. The molecule has 10 heteroatoms. The van der Waals surface area contributed by atoms with Gasteiger partial charge in [-0.15, -0.1) is 0 Å². The number of amides is 2. The van der Waals surface area contributed by atoms with Crippen molar-refractivity contribution in [1.82, 2.24) is 30.0 Å². The van der Waals surface area contributed by atoms with Crippen LogP contribution in [0.5, 0.6) is 0 Å². The highest BCUT2D eigenvalue weighted by atomic mass is 16.5. The van der Waals surface area contributed by atoms with Crippen LogP contribution in [-0.4, -0.2) is 80.7 Å². The molecule has 2 N–H and O–H groups in total. The summed E-state index contributed by atoms with van der Waals surface area (Å²) < 4.78 is 7.03. The summed E-state index contributed by atoms with van der Waals surface area (Å²) in [5.74, 6) is 0.364. The average Bonchev–Trinajstić information content (AvgIpc) is 3.31. The van der Waals surface area contributed by atoms with Crippen molar-refractivity contribution in [2.24, 2.45) is 5.41 Å². The molecule has 0 aliphatic carbocycles. The maximum atomic E-state index is 12.5. The first kappa shape index (κ1) is 18.1. The van der Waals surface area contributed by atoms with Crippen LogP contribution in [0, 0.1) is 5.41 Å². The van der Waals surface area contributed by atoms with E-state index in [0.29, 0.717) is 26.1 Å². The van der Waals surface area contributed by atoms with Crippen molar-refractivity contribution in [3.05, 3.63) is 0 Å². The van der Waals surface area contributed by atoms with Gasteiger partial charge in [-0.1, -0.05) is 5.10 Å². The predicted molar refractivity (Wildman–Crippen MR) is 95.3 cm³/mol. The molecule has 2 amide bonds. The fraction of sp³-hybridized carbons (Fsp3) is 0.824. The fourth-order valence-electron chi connectivity index (χ4n) is 4.49. The second kappa shape index (κ2) is 7.41. The molecule has 10 nitrogen and oxygen atoms in total. The van der Waals surface area contributed by atoms with Gasteiger partial charge >= 0.3 is 0 Å². The molecule has 3 saturated heterocycles. The number of nitrogens with zero attached hydrogens (tertiary/aromatic N) is 6. The van der Waals surface area contributed by atoms with Crippen LogP contribution in [0.3, 0.4) is 0 Å². The van der Waals surface area contributed by atoms with E-state index in [1.807, 2.05) is 9.80 Å². The molecule has 1 aromatic heterocycles. The van der Waals surface area contributed by atoms with Crippen LogP contribution >= 0.6 is 0 Å². The van der Waals surface area contributed by atoms with E-state index in [0.717, 1.165) is 45.3 Å². The van der Waals surface area contributed by atoms with Gasteiger partial charge in [0.15, 0.2) is 0 Å². The van der Waals surface area contributed by atoms with Crippen LogP contribution < -0.4 is 5.73 Å². The summed E-state index contributed by atoms with van der Waals surface area (Å²) in [6.45, 7) is 3.76. The van der Waals surface area contributed by atoms with E-state index in [1.54, 1.807) is 0 Å². The quantitative estimate of drug-likeness (QED) is 0.762. The topological polar surface area (TPSA) is 119 Å². The van der Waals surface area contributed by atoms with E-state index in [1.165, 1.54) is 4.68 Å². The highest BCUT2D eigenvalue weighted by molar-refractivity contribution is 5.77. The highest BCUT2D eigenvalue weighted by Crippen LogP contribution is 2.40. The molecule has 1 unspecified atom stereocenters. The van der Waals surface area contributed by atoms with Crippen LogP contribution in [0.1, 0.15) is 38.5 Å². The number of hydrogen-bond acceptors (Lipinski definition) is 7. The maximum absolute atomic E-state index is 12.5. The van der Waals surface area contributed by atoms with E-state index in [2.05, 4.69) is 15.5 Å². The van der Waals surface area contributed by atoms with Crippen molar-refractivity contribution in [2.75, 3.05) is 38.5 Å². The normalized spacial score (nSPS) is 25.3. The first-order valence-corrected chi connectivity index (χ1v) is 9.73. The molecule has 4 heterocycles. The Morgan fingerprint density at radius 1 is 1.30 bits per heavy atom. The lowest BCUT2D eigenvalue weighted by atomic mass is 9.72. The van der Waals surface area contributed by atoms with E-state index >= 15 is 0 Å². The minimum Gasteiger partial charge on any atom is -0.376 e. The van der Waals surface area contributed by atoms with Gasteiger partial charge < -0.3 is 20.3 Å². The first-order valence-electron chi connectivity index (χ1n) is 9.73. The van der Waals surface area contributed by atoms with Crippen molar-refractivity contribution in [1.29, 1.82) is 0 Å². The molecule has 0 aromatic carbocycles. The van der Waals surface area contributed by atoms with E-state index in [9.17, 15) is 9.59 Å². The number of piperidine rings is 2. The molecule has 0 saturated carbocycles. The number of tetrazole rings is 1. The standard InChI is InChI=1S/C17H27N7O3/c18-16-19-20-21-24(16)11-15(26)22-7-5-17(6-8-22)4-3-14(25)23(12-17)10-13-2-1-9-27-13/h13H,1-12H2,(H2,18,19,21). The molecule has 4 rings (SSSR count). The Morgan fingerprint density at radius 2 is 2.11 bits per heavy atom. The zero-order valence-corrected chi connectivity index (χ0v) is 15.5. The van der Waals surface area contributed by atoms with Gasteiger partial charge in [-0.3, -0.25) is 9.59 Å². The third kappa shape index (κ3) is 3.90. The number of anilines is 1. The molecule has 0 radical (unpaired) electrons. The lowest BCUT2D eigenvalue weighted by molar-refractivity contribution is -0.144. The summed E-state index contributed by atoms with van der Waals surface area (Å²) in [7, 11) is 0. The molecule has 1 atom stereocenters. The first-order chi connectivity index (χ1) is 13.0. The summed E-state index contributed by atoms with van der Waals surface area (Å²) >= 11 is 0. The monoisotopic (exact) mass is 377 g/mol. The molecule has 0 bridgehead atoms. The number of aromatic nitrogens is 4. The predicted octanol–water partition coefficient (Wildman–Crippen LogP) is -0.334. The minimum absolute atomic E-state index is 0.0213. The van der Waals surface area contributed by atoms with Crippen LogP contribution in [-0.2, 0) is 20.9 Å². The van der Waals surface area contributed by atoms with Gasteiger partial charge in [0.2, 0.25) is 17.8 Å². The van der Waals surface area contributed by atoms with Crippen molar-refractivity contribution in [2.45, 2.75) is 51.2 Å². The SMILES string of the molecule is Nc1nnnn1CC(=O)N1CCC2(CCC(=O)N(CC3CCCO3)C2)CC1. The van der Waals surface area contributed by atoms with E-state index in [-0.39, 0.29) is 35.8 Å². The fourth-order valence-corrected chi connectivity index (χ4v) is 4.49. The molecule has 1 aromatic rings. The molecule has 3 fully saturated rings. The number of likely N-dealkylation sites (tertiary alicyclic amines) is 2. The van der Waals surface area contributed by atoms with Crippen molar-refractivity contribution in [3.8, 4) is 0 Å². The largest absolute Gasteiger partial charge is 0.376 e. The third-order valence-electron chi connectivity index (χ3n) is 6.22. The maximum Gasteiger partial charge on any atom is 0.244 e. The molecule has 1 spiro atoms. The number of carbonyl (C=O) groups excluding carboxylic acids is 2. The van der Waals surface area contributed by atoms with Gasteiger partial charge in [-0.05, 0) is 47.9 Å². The summed E-state index contributed by atoms with van der Waals surface area (Å²) in [6.07, 6.45) is 5.66. The molecule has 148 valence electrons. The van der Waals surface area contributed by atoms with Gasteiger partial charge in [-0.2, -0.15) is 0 Å². The smallest absolute Gasteiger partial charge is 0.244 e. The van der Waals surface area contributed by atoms with Gasteiger partial charge in [0.25, 0.3) is 0 Å². The number of nitrogens with two attached hydrogens (primary N) is 1. The lowest BCUT2D eigenvalue weighted by Gasteiger charge is -2.47. The summed E-state index contributed by atoms with van der Waals surface area (Å²) in [4.78, 5) is 28.7. The highest BCUT2D eigenvalue weighted by Gasteiger charge is 2.42.